The first kappa shape index (κ1) is 30.8. The van der Waals surface area contributed by atoms with E-state index in [1.807, 2.05) is 0 Å². The van der Waals surface area contributed by atoms with Crippen LogP contribution in [0.5, 0.6) is 0 Å². The van der Waals surface area contributed by atoms with E-state index in [1.165, 1.54) is 148 Å². The Bertz CT molecular complexity index is 346. The summed E-state index contributed by atoms with van der Waals surface area (Å²) in [5.74, 6) is 0.407. The third-order valence-corrected chi connectivity index (χ3v) is 6.86. The van der Waals surface area contributed by atoms with Crippen LogP contribution in [0.4, 0.5) is 0 Å². The van der Waals surface area contributed by atoms with Gasteiger partial charge in [0.25, 0.3) is 0 Å². The average Bonchev–Trinajstić information content (AvgIpc) is 2.76. The Morgan fingerprint density at radius 1 is 0.387 bits per heavy atom. The van der Waals surface area contributed by atoms with Crippen molar-refractivity contribution in [1.82, 2.24) is 0 Å². The van der Waals surface area contributed by atoms with Crippen LogP contribution in [0.1, 0.15) is 167 Å². The van der Waals surface area contributed by atoms with Gasteiger partial charge in [0.1, 0.15) is 0 Å². The summed E-state index contributed by atoms with van der Waals surface area (Å²) >= 11 is 4.27. The monoisotopic (exact) mass is 456 g/mol. The normalized spacial score (nSPS) is 11.3. The number of unbranched alkanes of at least 4 members (excludes halogenated alkanes) is 24. The highest BCUT2D eigenvalue weighted by Crippen LogP contribution is 2.16. The van der Waals surface area contributed by atoms with Gasteiger partial charge >= 0.3 is 5.97 Å². The number of hydrogen-bond donors (Lipinski definition) is 2. The molecule has 2 nitrogen and oxygen atoms in total. The van der Waals surface area contributed by atoms with Gasteiger partial charge in [0.15, 0.2) is 0 Å². The van der Waals surface area contributed by atoms with Gasteiger partial charge in [0, 0.05) is 6.42 Å². The molecule has 0 saturated carbocycles. The van der Waals surface area contributed by atoms with Crippen molar-refractivity contribution in [2.45, 2.75) is 167 Å². The molecule has 0 aliphatic rings. The van der Waals surface area contributed by atoms with Gasteiger partial charge in [0.2, 0.25) is 0 Å². The van der Waals surface area contributed by atoms with E-state index >= 15 is 0 Å². The van der Waals surface area contributed by atoms with Gasteiger partial charge in [-0.2, -0.15) is 12.6 Å². The maximum atomic E-state index is 10.4. The molecule has 0 fully saturated rings. The third kappa shape index (κ3) is 29.8. The molecular formula is C28H56O2S. The molecule has 0 saturated heterocycles. The SMILES string of the molecule is O=C(O)CCCCCCCCCCCCCCCCCCCCCCCCCCCS. The molecule has 0 spiro atoms. The van der Waals surface area contributed by atoms with Crippen molar-refractivity contribution in [3.8, 4) is 0 Å². The van der Waals surface area contributed by atoms with Crippen molar-refractivity contribution in [2.24, 2.45) is 0 Å². The minimum absolute atomic E-state index is 0.345. The Kier molecular flexibility index (Phi) is 27.7. The minimum atomic E-state index is -0.650. The lowest BCUT2D eigenvalue weighted by Crippen LogP contribution is -1.93. The molecule has 0 rings (SSSR count). The summed E-state index contributed by atoms with van der Waals surface area (Å²) in [4.78, 5) is 10.4. The average molecular weight is 457 g/mol. The summed E-state index contributed by atoms with van der Waals surface area (Å²) in [6.45, 7) is 0. The van der Waals surface area contributed by atoms with Crippen molar-refractivity contribution >= 4 is 18.6 Å². The maximum Gasteiger partial charge on any atom is 0.303 e. The van der Waals surface area contributed by atoms with E-state index in [0.717, 1.165) is 18.6 Å². The topological polar surface area (TPSA) is 37.3 Å². The van der Waals surface area contributed by atoms with Crippen molar-refractivity contribution in [3.05, 3.63) is 0 Å². The second kappa shape index (κ2) is 27.9. The molecule has 31 heavy (non-hydrogen) atoms. The first-order chi connectivity index (χ1) is 15.3. The molecule has 0 unspecified atom stereocenters. The number of rotatable bonds is 27. The van der Waals surface area contributed by atoms with Crippen LogP contribution in [-0.4, -0.2) is 16.8 Å². The highest BCUT2D eigenvalue weighted by Gasteiger charge is 1.98. The molecule has 0 heterocycles. The minimum Gasteiger partial charge on any atom is -0.481 e. The van der Waals surface area contributed by atoms with Gasteiger partial charge in [-0.1, -0.05) is 148 Å². The number of carboxylic acid groups (broad SMARTS) is 1. The highest BCUT2D eigenvalue weighted by atomic mass is 32.1. The number of hydrogen-bond acceptors (Lipinski definition) is 2. The number of carbonyl (C=O) groups is 1. The molecule has 1 N–H and O–H groups in total. The predicted octanol–water partition coefficient (Wildman–Crippen LogP) is 10.1. The van der Waals surface area contributed by atoms with E-state index in [2.05, 4.69) is 12.6 Å². The number of aliphatic carboxylic acids is 1. The maximum absolute atomic E-state index is 10.4. The summed E-state index contributed by atoms with van der Waals surface area (Å²) < 4.78 is 0. The standard InChI is InChI=1S/C28H56O2S/c29-28(30)26-24-22-20-18-16-14-12-10-8-6-4-2-1-3-5-7-9-11-13-15-17-19-21-23-25-27-31/h31H,1-27H2,(H,29,30). The van der Waals surface area contributed by atoms with Gasteiger partial charge in [-0.05, 0) is 18.6 Å². The van der Waals surface area contributed by atoms with Crippen LogP contribution in [0.25, 0.3) is 0 Å². The van der Waals surface area contributed by atoms with Crippen molar-refractivity contribution < 1.29 is 9.90 Å². The summed E-state index contributed by atoms with van der Waals surface area (Å²) in [5.41, 5.74) is 0. The number of thiol groups is 1. The van der Waals surface area contributed by atoms with Crippen molar-refractivity contribution in [3.63, 3.8) is 0 Å². The smallest absolute Gasteiger partial charge is 0.303 e. The molecule has 0 aromatic rings. The summed E-state index contributed by atoms with van der Waals surface area (Å²) in [6, 6.07) is 0. The Hall–Kier alpha value is -0.180. The Morgan fingerprint density at radius 3 is 0.774 bits per heavy atom. The van der Waals surface area contributed by atoms with Crippen LogP contribution < -0.4 is 0 Å². The van der Waals surface area contributed by atoms with E-state index < -0.39 is 5.97 Å². The molecule has 186 valence electrons. The largest absolute Gasteiger partial charge is 0.481 e. The Morgan fingerprint density at radius 2 is 0.581 bits per heavy atom. The molecule has 0 radical (unpaired) electrons. The molecular weight excluding hydrogens is 400 g/mol. The zero-order chi connectivity index (χ0) is 22.7. The van der Waals surface area contributed by atoms with Gasteiger partial charge < -0.3 is 5.11 Å². The lowest BCUT2D eigenvalue weighted by atomic mass is 10.0. The van der Waals surface area contributed by atoms with Crippen LogP contribution in [0.15, 0.2) is 0 Å². The number of carboxylic acids is 1. The third-order valence-electron chi connectivity index (χ3n) is 6.55. The first-order valence-electron chi connectivity index (χ1n) is 14.1. The van der Waals surface area contributed by atoms with Crippen molar-refractivity contribution in [1.29, 1.82) is 0 Å². The molecule has 3 heteroatoms. The van der Waals surface area contributed by atoms with Crippen LogP contribution >= 0.6 is 12.6 Å². The van der Waals surface area contributed by atoms with Crippen LogP contribution in [0.2, 0.25) is 0 Å². The molecule has 0 aromatic carbocycles. The van der Waals surface area contributed by atoms with E-state index in [1.54, 1.807) is 0 Å². The zero-order valence-corrected chi connectivity index (χ0v) is 21.8. The summed E-state index contributed by atoms with van der Waals surface area (Å²) in [5, 5.41) is 8.60. The fourth-order valence-corrected chi connectivity index (χ4v) is 4.68. The van der Waals surface area contributed by atoms with Crippen LogP contribution in [0, 0.1) is 0 Å². The second-order valence-corrected chi connectivity index (χ2v) is 10.2. The Labute approximate surface area is 201 Å². The van der Waals surface area contributed by atoms with Gasteiger partial charge in [-0.25, -0.2) is 0 Å². The molecule has 0 amide bonds. The van der Waals surface area contributed by atoms with E-state index in [4.69, 9.17) is 5.11 Å². The van der Waals surface area contributed by atoms with Crippen LogP contribution in [-0.2, 0) is 4.79 Å². The summed E-state index contributed by atoms with van der Waals surface area (Å²) in [7, 11) is 0. The van der Waals surface area contributed by atoms with Gasteiger partial charge in [0.05, 0.1) is 0 Å². The fourth-order valence-electron chi connectivity index (χ4n) is 4.45. The lowest BCUT2D eigenvalue weighted by Gasteiger charge is -2.04. The van der Waals surface area contributed by atoms with Gasteiger partial charge in [-0.15, -0.1) is 0 Å². The van der Waals surface area contributed by atoms with Gasteiger partial charge in [-0.3, -0.25) is 4.79 Å². The van der Waals surface area contributed by atoms with Crippen molar-refractivity contribution in [2.75, 3.05) is 5.75 Å². The predicted molar refractivity (Wildman–Crippen MR) is 142 cm³/mol. The van der Waals surface area contributed by atoms with E-state index in [0.29, 0.717) is 6.42 Å². The first-order valence-corrected chi connectivity index (χ1v) is 14.7. The molecule has 0 atom stereocenters. The quantitative estimate of drug-likeness (QED) is 0.0952. The molecule has 0 aliphatic carbocycles. The fraction of sp³-hybridized carbons (Fsp3) is 0.964. The van der Waals surface area contributed by atoms with E-state index in [-0.39, 0.29) is 0 Å². The van der Waals surface area contributed by atoms with Crippen LogP contribution in [0.3, 0.4) is 0 Å². The molecule has 0 aliphatic heterocycles. The van der Waals surface area contributed by atoms with E-state index in [9.17, 15) is 4.79 Å². The highest BCUT2D eigenvalue weighted by molar-refractivity contribution is 7.80. The molecule has 0 aromatic heterocycles. The lowest BCUT2D eigenvalue weighted by molar-refractivity contribution is -0.137. The molecule has 0 bridgehead atoms. The zero-order valence-electron chi connectivity index (χ0n) is 20.9. The second-order valence-electron chi connectivity index (χ2n) is 9.71. The summed E-state index contributed by atoms with van der Waals surface area (Å²) in [6.07, 6.45) is 34.7. The Balaban J connectivity index is 3.00.